The van der Waals surface area contributed by atoms with E-state index in [9.17, 15) is 28.7 Å². The number of carboxylic acids is 1. The number of aliphatic carboxylic acids is 1. The van der Waals surface area contributed by atoms with E-state index in [1.54, 1.807) is 13.1 Å². The van der Waals surface area contributed by atoms with E-state index < -0.39 is 41.7 Å². The maximum absolute atomic E-state index is 13.9. The molecule has 2 heterocycles. The van der Waals surface area contributed by atoms with Crippen molar-refractivity contribution in [3.05, 3.63) is 53.1 Å². The fraction of sp³-hybridized carbons (Fsp3) is 0.552. The summed E-state index contributed by atoms with van der Waals surface area (Å²) in [6.07, 6.45) is 3.02. The second-order valence-electron chi connectivity index (χ2n) is 11.8. The van der Waals surface area contributed by atoms with Crippen LogP contribution in [0, 0.1) is 11.7 Å². The predicted molar refractivity (Wildman–Crippen MR) is 145 cm³/mol. The molecule has 2 unspecified atom stereocenters. The zero-order chi connectivity index (χ0) is 29.2. The number of carbonyl (C=O) groups is 4. The Morgan fingerprint density at radius 2 is 1.62 bits per heavy atom. The third-order valence-electron chi connectivity index (χ3n) is 7.83. The van der Waals surface area contributed by atoms with Crippen molar-refractivity contribution in [2.24, 2.45) is 13.0 Å². The largest absolute Gasteiger partial charge is 0.481 e. The van der Waals surface area contributed by atoms with E-state index in [1.165, 1.54) is 26.6 Å². The smallest absolute Gasteiger partial charge is 0.305 e. The summed E-state index contributed by atoms with van der Waals surface area (Å²) in [6.45, 7) is 6.11. The Kier molecular flexibility index (Phi) is 8.60. The third-order valence-corrected chi connectivity index (χ3v) is 7.83. The van der Waals surface area contributed by atoms with Crippen molar-refractivity contribution in [1.29, 1.82) is 0 Å². The van der Waals surface area contributed by atoms with Gasteiger partial charge in [0.15, 0.2) is 6.17 Å². The Bertz CT molecular complexity index is 1260. The number of carboxylic acid groups (broad SMARTS) is 1. The van der Waals surface area contributed by atoms with Crippen LogP contribution in [-0.4, -0.2) is 73.7 Å². The van der Waals surface area contributed by atoms with Crippen LogP contribution in [0.3, 0.4) is 0 Å². The summed E-state index contributed by atoms with van der Waals surface area (Å²) in [5.41, 5.74) is 0.843. The first-order valence-electron chi connectivity index (χ1n) is 13.8. The Hall–Kier alpha value is -3.76. The second-order valence-corrected chi connectivity index (χ2v) is 11.8. The van der Waals surface area contributed by atoms with Gasteiger partial charge in [0.05, 0.1) is 12.1 Å². The van der Waals surface area contributed by atoms with Gasteiger partial charge >= 0.3 is 5.97 Å². The third kappa shape index (κ3) is 6.34. The lowest BCUT2D eigenvalue weighted by molar-refractivity contribution is -0.138. The number of aromatic nitrogens is 2. The van der Waals surface area contributed by atoms with Gasteiger partial charge in [-0.05, 0) is 49.1 Å². The quantitative estimate of drug-likeness (QED) is 0.540. The average Bonchev–Trinajstić information content (AvgIpc) is 3.52. The summed E-state index contributed by atoms with van der Waals surface area (Å²) >= 11 is 0. The Morgan fingerprint density at radius 1 is 1.02 bits per heavy atom. The van der Waals surface area contributed by atoms with Crippen LogP contribution in [0.25, 0.3) is 0 Å². The van der Waals surface area contributed by atoms with Crippen molar-refractivity contribution in [3.63, 3.8) is 0 Å². The standard InChI is InChI=1S/C29H38FN5O5/c1-29(2,3)23-17-22(33(4)32-23)28(40)35-15-14-34(27(39)19-10-12-20(30)13-11-19)26(35)25(38)31-21(16-24(36)37)18-8-6-5-7-9-18/h10-13,17-18,21,26H,5-9,14-16H2,1-4H3,(H,31,38)(H,36,37). The van der Waals surface area contributed by atoms with Gasteiger partial charge < -0.3 is 20.2 Å². The topological polar surface area (TPSA) is 125 Å². The molecule has 2 N–H and O–H groups in total. The molecule has 2 aliphatic rings. The molecule has 1 aromatic carbocycles. The van der Waals surface area contributed by atoms with Crippen LogP contribution in [0.1, 0.15) is 85.8 Å². The van der Waals surface area contributed by atoms with Crippen LogP contribution in [-0.2, 0) is 22.1 Å². The number of carbonyl (C=O) groups excluding carboxylic acids is 3. The molecule has 10 nitrogen and oxygen atoms in total. The molecule has 1 aliphatic heterocycles. The van der Waals surface area contributed by atoms with E-state index in [0.29, 0.717) is 5.69 Å². The SMILES string of the molecule is Cn1nc(C(C)(C)C)cc1C(=O)N1CCN(C(=O)c2ccc(F)cc2)C1C(=O)NC(CC(=O)O)C1CCCCC1. The maximum atomic E-state index is 13.9. The van der Waals surface area contributed by atoms with Gasteiger partial charge in [0.25, 0.3) is 17.7 Å². The predicted octanol–water partition coefficient (Wildman–Crippen LogP) is 3.32. The van der Waals surface area contributed by atoms with Gasteiger partial charge in [-0.1, -0.05) is 40.0 Å². The molecule has 0 bridgehead atoms. The van der Waals surface area contributed by atoms with E-state index in [4.69, 9.17) is 0 Å². The van der Waals surface area contributed by atoms with Crippen molar-refractivity contribution in [3.8, 4) is 0 Å². The highest BCUT2D eigenvalue weighted by Crippen LogP contribution is 2.29. The normalized spacial score (nSPS) is 19.0. The molecular weight excluding hydrogens is 517 g/mol. The number of hydrogen-bond acceptors (Lipinski definition) is 5. The monoisotopic (exact) mass is 555 g/mol. The Labute approximate surface area is 233 Å². The molecule has 1 saturated heterocycles. The first kappa shape index (κ1) is 29.2. The molecule has 2 aromatic rings. The molecule has 216 valence electrons. The van der Waals surface area contributed by atoms with E-state index >= 15 is 0 Å². The van der Waals surface area contributed by atoms with E-state index in [0.717, 1.165) is 44.2 Å². The molecule has 40 heavy (non-hydrogen) atoms. The average molecular weight is 556 g/mol. The fourth-order valence-electron chi connectivity index (χ4n) is 5.59. The van der Waals surface area contributed by atoms with Gasteiger partial charge in [-0.2, -0.15) is 5.10 Å². The highest BCUT2D eigenvalue weighted by atomic mass is 19.1. The summed E-state index contributed by atoms with van der Waals surface area (Å²) in [4.78, 5) is 55.6. The molecule has 2 atom stereocenters. The molecule has 3 amide bonds. The number of nitrogens with one attached hydrogen (secondary N) is 1. The molecule has 1 saturated carbocycles. The van der Waals surface area contributed by atoms with Gasteiger partial charge in [-0.25, -0.2) is 4.39 Å². The maximum Gasteiger partial charge on any atom is 0.305 e. The van der Waals surface area contributed by atoms with Crippen LogP contribution in [0.4, 0.5) is 4.39 Å². The van der Waals surface area contributed by atoms with Gasteiger partial charge in [0, 0.05) is 37.2 Å². The lowest BCUT2D eigenvalue weighted by Gasteiger charge is -2.34. The number of amides is 3. The fourth-order valence-corrected chi connectivity index (χ4v) is 5.59. The van der Waals surface area contributed by atoms with Crippen LogP contribution in [0.15, 0.2) is 30.3 Å². The summed E-state index contributed by atoms with van der Waals surface area (Å²) < 4.78 is 15.0. The minimum atomic E-state index is -1.31. The number of rotatable bonds is 7. The van der Waals surface area contributed by atoms with E-state index in [2.05, 4.69) is 10.4 Å². The van der Waals surface area contributed by atoms with Gasteiger partial charge in [0.1, 0.15) is 11.5 Å². The molecule has 11 heteroatoms. The minimum Gasteiger partial charge on any atom is -0.481 e. The van der Waals surface area contributed by atoms with Gasteiger partial charge in [-0.3, -0.25) is 23.9 Å². The molecule has 1 aromatic heterocycles. The molecule has 1 aliphatic carbocycles. The molecule has 4 rings (SSSR count). The number of halogens is 1. The van der Waals surface area contributed by atoms with E-state index in [1.807, 2.05) is 20.8 Å². The van der Waals surface area contributed by atoms with Crippen LogP contribution in [0.5, 0.6) is 0 Å². The van der Waals surface area contributed by atoms with Crippen molar-refractivity contribution < 1.29 is 28.7 Å². The van der Waals surface area contributed by atoms with Crippen molar-refractivity contribution in [2.45, 2.75) is 76.9 Å². The Balaban J connectivity index is 1.67. The summed E-state index contributed by atoms with van der Waals surface area (Å²) in [7, 11) is 1.65. The van der Waals surface area contributed by atoms with Crippen molar-refractivity contribution in [2.75, 3.05) is 13.1 Å². The number of aryl methyl sites for hydroxylation is 1. The highest BCUT2D eigenvalue weighted by Gasteiger charge is 2.45. The highest BCUT2D eigenvalue weighted by molar-refractivity contribution is 6.01. The van der Waals surface area contributed by atoms with Crippen LogP contribution in [0.2, 0.25) is 0 Å². The minimum absolute atomic E-state index is 0.00739. The summed E-state index contributed by atoms with van der Waals surface area (Å²) in [6, 6.07) is 6.06. The molecular formula is C29H38FN5O5. The molecule has 2 fully saturated rings. The molecule has 0 radical (unpaired) electrons. The summed E-state index contributed by atoms with van der Waals surface area (Å²) in [5.74, 6) is -3.14. The number of benzene rings is 1. The van der Waals surface area contributed by atoms with Crippen LogP contribution < -0.4 is 5.32 Å². The summed E-state index contributed by atoms with van der Waals surface area (Å²) in [5, 5.41) is 17.0. The zero-order valence-electron chi connectivity index (χ0n) is 23.5. The number of hydrogen-bond donors (Lipinski definition) is 2. The second kappa shape index (κ2) is 11.8. The Morgan fingerprint density at radius 3 is 2.17 bits per heavy atom. The zero-order valence-corrected chi connectivity index (χ0v) is 23.5. The lowest BCUT2D eigenvalue weighted by Crippen LogP contribution is -2.57. The first-order valence-corrected chi connectivity index (χ1v) is 13.8. The molecule has 0 spiro atoms. The van der Waals surface area contributed by atoms with Gasteiger partial charge in [-0.15, -0.1) is 0 Å². The van der Waals surface area contributed by atoms with Crippen molar-refractivity contribution in [1.82, 2.24) is 24.9 Å². The first-order chi connectivity index (χ1) is 18.9. The lowest BCUT2D eigenvalue weighted by atomic mass is 9.82. The van der Waals surface area contributed by atoms with E-state index in [-0.39, 0.29) is 42.1 Å². The number of nitrogens with zero attached hydrogens (tertiary/aromatic N) is 4. The van der Waals surface area contributed by atoms with Crippen molar-refractivity contribution >= 4 is 23.7 Å². The van der Waals surface area contributed by atoms with Gasteiger partial charge in [0.2, 0.25) is 0 Å². The van der Waals surface area contributed by atoms with Crippen LogP contribution >= 0.6 is 0 Å².